The Bertz CT molecular complexity index is 725. The lowest BCUT2D eigenvalue weighted by molar-refractivity contribution is -0.122. The van der Waals surface area contributed by atoms with Crippen molar-refractivity contribution in [2.75, 3.05) is 5.75 Å². The maximum atomic E-state index is 12.4. The molecule has 6 nitrogen and oxygen atoms in total. The zero-order valence-electron chi connectivity index (χ0n) is 27.6. The Labute approximate surface area is 261 Å². The number of carbonyl (C=O) groups excluding carboxylic acids is 1. The SMILES string of the molecule is CCCCCCCCCC/C=C\CCCCCCCCCCCC(=O)NC(CS(=O)(=O)O)C(O)CCCCCCCC. The second-order valence-electron chi connectivity index (χ2n) is 12.5. The van der Waals surface area contributed by atoms with Gasteiger partial charge in [0.05, 0.1) is 17.9 Å². The van der Waals surface area contributed by atoms with Crippen LogP contribution in [0.25, 0.3) is 0 Å². The van der Waals surface area contributed by atoms with Crippen LogP contribution < -0.4 is 5.32 Å². The molecule has 2 atom stereocenters. The summed E-state index contributed by atoms with van der Waals surface area (Å²) in [6, 6.07) is -0.964. The molecule has 0 aromatic carbocycles. The molecule has 250 valence electrons. The number of amides is 1. The van der Waals surface area contributed by atoms with E-state index < -0.39 is 28.0 Å². The van der Waals surface area contributed by atoms with Gasteiger partial charge in [0.15, 0.2) is 0 Å². The molecule has 0 fully saturated rings. The quantitative estimate of drug-likeness (QED) is 0.0397. The van der Waals surface area contributed by atoms with Gasteiger partial charge in [0.2, 0.25) is 5.91 Å². The van der Waals surface area contributed by atoms with Crippen LogP contribution in [0, 0.1) is 0 Å². The van der Waals surface area contributed by atoms with Crippen LogP contribution in [0.5, 0.6) is 0 Å². The Kier molecular flexibility index (Phi) is 29.5. The van der Waals surface area contributed by atoms with E-state index in [1.807, 2.05) is 0 Å². The summed E-state index contributed by atoms with van der Waals surface area (Å²) in [6.07, 6.45) is 34.8. The Morgan fingerprint density at radius 1 is 0.619 bits per heavy atom. The van der Waals surface area contributed by atoms with Gasteiger partial charge in [-0.15, -0.1) is 0 Å². The Hall–Kier alpha value is -0.920. The molecule has 0 spiro atoms. The zero-order valence-corrected chi connectivity index (χ0v) is 28.5. The monoisotopic (exact) mass is 615 g/mol. The Morgan fingerprint density at radius 2 is 1.00 bits per heavy atom. The largest absolute Gasteiger partial charge is 0.391 e. The van der Waals surface area contributed by atoms with Gasteiger partial charge in [0.25, 0.3) is 10.1 Å². The summed E-state index contributed by atoms with van der Waals surface area (Å²) in [6.45, 7) is 4.43. The van der Waals surface area contributed by atoms with E-state index in [0.717, 1.165) is 44.9 Å². The minimum Gasteiger partial charge on any atom is -0.391 e. The maximum absolute atomic E-state index is 12.4. The van der Waals surface area contributed by atoms with Crippen LogP contribution in [0.1, 0.15) is 187 Å². The van der Waals surface area contributed by atoms with E-state index in [1.54, 1.807) is 0 Å². The highest BCUT2D eigenvalue weighted by molar-refractivity contribution is 7.85. The van der Waals surface area contributed by atoms with Gasteiger partial charge in [-0.3, -0.25) is 9.35 Å². The van der Waals surface area contributed by atoms with Crippen molar-refractivity contribution in [1.82, 2.24) is 5.32 Å². The van der Waals surface area contributed by atoms with Crippen LogP contribution in [0.2, 0.25) is 0 Å². The van der Waals surface area contributed by atoms with Crippen molar-refractivity contribution >= 4 is 16.0 Å². The molecule has 3 N–H and O–H groups in total. The zero-order chi connectivity index (χ0) is 31.2. The van der Waals surface area contributed by atoms with E-state index in [1.165, 1.54) is 116 Å². The molecule has 2 unspecified atom stereocenters. The van der Waals surface area contributed by atoms with Crippen molar-refractivity contribution in [3.8, 4) is 0 Å². The van der Waals surface area contributed by atoms with Crippen molar-refractivity contribution in [3.63, 3.8) is 0 Å². The average Bonchev–Trinajstić information content (AvgIpc) is 2.94. The van der Waals surface area contributed by atoms with Crippen LogP contribution in [0.3, 0.4) is 0 Å². The molecular formula is C35H69NO5S. The molecule has 0 rings (SSSR count). The number of carbonyl (C=O) groups is 1. The van der Waals surface area contributed by atoms with Crippen molar-refractivity contribution in [3.05, 3.63) is 12.2 Å². The number of unbranched alkanes of at least 4 members (excludes halogenated alkanes) is 22. The number of aliphatic hydroxyl groups excluding tert-OH is 1. The normalized spacial score (nSPS) is 13.5. The molecular weight excluding hydrogens is 546 g/mol. The van der Waals surface area contributed by atoms with Gasteiger partial charge < -0.3 is 10.4 Å². The van der Waals surface area contributed by atoms with E-state index >= 15 is 0 Å². The number of allylic oxidation sites excluding steroid dienone is 2. The second-order valence-corrected chi connectivity index (χ2v) is 14.0. The molecule has 0 aromatic rings. The molecule has 0 aliphatic rings. The van der Waals surface area contributed by atoms with E-state index in [0.29, 0.717) is 12.8 Å². The number of rotatable bonds is 32. The summed E-state index contributed by atoms with van der Waals surface area (Å²) < 4.78 is 32.1. The van der Waals surface area contributed by atoms with E-state index in [-0.39, 0.29) is 5.91 Å². The average molecular weight is 616 g/mol. The molecule has 42 heavy (non-hydrogen) atoms. The summed E-state index contributed by atoms with van der Waals surface area (Å²) in [5.41, 5.74) is 0. The third-order valence-corrected chi connectivity index (χ3v) is 9.00. The lowest BCUT2D eigenvalue weighted by Crippen LogP contribution is -2.47. The molecule has 0 aliphatic heterocycles. The van der Waals surface area contributed by atoms with Crippen LogP contribution in [0.4, 0.5) is 0 Å². The van der Waals surface area contributed by atoms with Crippen molar-refractivity contribution in [2.45, 2.75) is 199 Å². The summed E-state index contributed by atoms with van der Waals surface area (Å²) >= 11 is 0. The van der Waals surface area contributed by atoms with Gasteiger partial charge in [-0.2, -0.15) is 8.42 Å². The summed E-state index contributed by atoms with van der Waals surface area (Å²) in [4.78, 5) is 12.4. The smallest absolute Gasteiger partial charge is 0.266 e. The van der Waals surface area contributed by atoms with Crippen LogP contribution in [-0.4, -0.2) is 41.9 Å². The van der Waals surface area contributed by atoms with Gasteiger partial charge in [-0.25, -0.2) is 0 Å². The van der Waals surface area contributed by atoms with Gasteiger partial charge in [0.1, 0.15) is 0 Å². The van der Waals surface area contributed by atoms with Gasteiger partial charge in [-0.05, 0) is 38.5 Å². The molecule has 0 saturated heterocycles. The Morgan fingerprint density at radius 3 is 1.43 bits per heavy atom. The third kappa shape index (κ3) is 30.5. The number of nitrogens with one attached hydrogen (secondary N) is 1. The van der Waals surface area contributed by atoms with Gasteiger partial charge in [0, 0.05) is 6.42 Å². The van der Waals surface area contributed by atoms with Gasteiger partial charge in [-0.1, -0.05) is 154 Å². The first-order valence-corrected chi connectivity index (χ1v) is 19.5. The molecule has 0 heterocycles. The molecule has 0 saturated carbocycles. The topological polar surface area (TPSA) is 104 Å². The van der Waals surface area contributed by atoms with Crippen LogP contribution in [0.15, 0.2) is 12.2 Å². The predicted octanol–water partition coefficient (Wildman–Crippen LogP) is 9.85. The first-order chi connectivity index (χ1) is 20.3. The van der Waals surface area contributed by atoms with Gasteiger partial charge >= 0.3 is 0 Å². The molecule has 0 aromatic heterocycles. The summed E-state index contributed by atoms with van der Waals surface area (Å²) in [7, 11) is -4.29. The second kappa shape index (κ2) is 30.1. The molecule has 0 aliphatic carbocycles. The number of hydrogen-bond donors (Lipinski definition) is 3. The standard InChI is InChI=1S/C35H69NO5S/c1-3-5-7-9-11-12-13-14-15-16-17-18-19-20-21-22-23-24-25-27-29-31-35(38)36-33(32-42(39,40)41)34(37)30-28-26-10-8-6-4-2/h16-17,33-34,37H,3-15,18-32H2,1-2H3,(H,36,38)(H,39,40,41)/b17-16-. The van der Waals surface area contributed by atoms with E-state index in [9.17, 15) is 22.9 Å². The molecule has 7 heteroatoms. The summed E-state index contributed by atoms with van der Waals surface area (Å²) in [5, 5.41) is 13.1. The lowest BCUT2D eigenvalue weighted by Gasteiger charge is -2.23. The summed E-state index contributed by atoms with van der Waals surface area (Å²) in [5.74, 6) is -0.900. The first kappa shape index (κ1) is 41.1. The molecule has 0 bridgehead atoms. The van der Waals surface area contributed by atoms with E-state index in [2.05, 4.69) is 31.3 Å². The Balaban J connectivity index is 3.74. The number of hydrogen-bond acceptors (Lipinski definition) is 4. The van der Waals surface area contributed by atoms with Crippen molar-refractivity contribution in [2.24, 2.45) is 0 Å². The van der Waals surface area contributed by atoms with Crippen molar-refractivity contribution < 1.29 is 22.9 Å². The lowest BCUT2D eigenvalue weighted by atomic mass is 10.0. The minimum atomic E-state index is -4.29. The fraction of sp³-hybridized carbons (Fsp3) is 0.914. The van der Waals surface area contributed by atoms with Crippen molar-refractivity contribution in [1.29, 1.82) is 0 Å². The minimum absolute atomic E-state index is 0.252. The highest BCUT2D eigenvalue weighted by Crippen LogP contribution is 2.14. The van der Waals surface area contributed by atoms with E-state index in [4.69, 9.17) is 0 Å². The number of aliphatic hydroxyl groups is 1. The van der Waals surface area contributed by atoms with Crippen LogP contribution >= 0.6 is 0 Å². The fourth-order valence-electron chi connectivity index (χ4n) is 5.51. The molecule has 1 amide bonds. The third-order valence-electron chi connectivity index (χ3n) is 8.22. The highest BCUT2D eigenvalue weighted by atomic mass is 32.2. The maximum Gasteiger partial charge on any atom is 0.266 e. The first-order valence-electron chi connectivity index (χ1n) is 17.9. The predicted molar refractivity (Wildman–Crippen MR) is 180 cm³/mol. The fourth-order valence-corrected chi connectivity index (χ4v) is 6.27. The van der Waals surface area contributed by atoms with Crippen LogP contribution in [-0.2, 0) is 14.9 Å². The highest BCUT2D eigenvalue weighted by Gasteiger charge is 2.26. The molecule has 0 radical (unpaired) electrons.